The summed E-state index contributed by atoms with van der Waals surface area (Å²) in [5.74, 6) is -0.969. The zero-order valence-electron chi connectivity index (χ0n) is 15.3. The summed E-state index contributed by atoms with van der Waals surface area (Å²) in [6, 6.07) is 17.2. The van der Waals surface area contributed by atoms with E-state index in [1.807, 2.05) is 12.1 Å². The number of ketones is 2. The molecule has 1 aliphatic carbocycles. The highest BCUT2D eigenvalue weighted by atomic mass is 16.5. The van der Waals surface area contributed by atoms with Gasteiger partial charge in [0.15, 0.2) is 17.0 Å². The van der Waals surface area contributed by atoms with Gasteiger partial charge < -0.3 is 4.74 Å². The quantitative estimate of drug-likeness (QED) is 0.444. The number of benzene rings is 3. The van der Waals surface area contributed by atoms with Crippen LogP contribution in [0.4, 0.5) is 0 Å². The van der Waals surface area contributed by atoms with Crippen LogP contribution in [-0.2, 0) is 5.41 Å². The van der Waals surface area contributed by atoms with E-state index >= 15 is 0 Å². The molecule has 6 rings (SSSR count). The summed E-state index contributed by atoms with van der Waals surface area (Å²) in [6.07, 6.45) is 0. The number of ether oxygens (including phenoxy) is 1. The molecule has 0 radical (unpaired) electrons. The van der Waals surface area contributed by atoms with Gasteiger partial charge in [-0.25, -0.2) is 4.79 Å². The lowest BCUT2D eigenvalue weighted by molar-refractivity contribution is 0.0818. The molecule has 0 fully saturated rings. The van der Waals surface area contributed by atoms with Crippen LogP contribution in [0.25, 0.3) is 10.8 Å². The number of aromatic nitrogens is 2. The highest BCUT2D eigenvalue weighted by molar-refractivity contribution is 6.36. The van der Waals surface area contributed by atoms with Gasteiger partial charge in [0.25, 0.3) is 5.56 Å². The van der Waals surface area contributed by atoms with Crippen molar-refractivity contribution in [3.05, 3.63) is 104 Å². The normalized spacial score (nSPS) is 15.6. The maximum atomic E-state index is 13.9. The zero-order valence-corrected chi connectivity index (χ0v) is 15.3. The molecular weight excluding hydrogens is 384 g/mol. The number of hydrogen-bond donors (Lipinski definition) is 2. The molecule has 0 unspecified atom stereocenters. The largest absolute Gasteiger partial charge is 0.440 e. The van der Waals surface area contributed by atoms with Crippen molar-refractivity contribution in [3.8, 4) is 11.6 Å². The summed E-state index contributed by atoms with van der Waals surface area (Å²) in [7, 11) is 0. The number of H-pyrrole nitrogens is 2. The third-order valence-electron chi connectivity index (χ3n) is 5.86. The van der Waals surface area contributed by atoms with Gasteiger partial charge in [-0.1, -0.05) is 54.6 Å². The summed E-state index contributed by atoms with van der Waals surface area (Å²) >= 11 is 0. The SMILES string of the molecule is O=C1c2ccccc2C(=O)C12c1c([nH]c(=O)[nH]c1=O)Oc1ccc3ccccc3c12. The Bertz CT molecular complexity index is 1530. The van der Waals surface area contributed by atoms with E-state index in [1.54, 1.807) is 48.5 Å². The fraction of sp³-hybridized carbons (Fsp3) is 0.0435. The molecule has 0 saturated carbocycles. The average molecular weight is 396 g/mol. The Morgan fingerprint density at radius 2 is 1.37 bits per heavy atom. The summed E-state index contributed by atoms with van der Waals surface area (Å²) in [6.45, 7) is 0. The Morgan fingerprint density at radius 3 is 2.10 bits per heavy atom. The lowest BCUT2D eigenvalue weighted by Crippen LogP contribution is -2.48. The van der Waals surface area contributed by atoms with Crippen LogP contribution in [0.5, 0.6) is 11.6 Å². The first-order chi connectivity index (χ1) is 14.5. The van der Waals surface area contributed by atoms with Gasteiger partial charge in [0.1, 0.15) is 11.3 Å². The summed E-state index contributed by atoms with van der Waals surface area (Å²) in [5, 5.41) is 1.42. The lowest BCUT2D eigenvalue weighted by atomic mass is 9.68. The monoisotopic (exact) mass is 396 g/mol. The first-order valence-electron chi connectivity index (χ1n) is 9.29. The van der Waals surface area contributed by atoms with Crippen LogP contribution in [0.3, 0.4) is 0 Å². The maximum absolute atomic E-state index is 13.9. The second-order valence-electron chi connectivity index (χ2n) is 7.33. The molecule has 0 amide bonds. The van der Waals surface area contributed by atoms with Gasteiger partial charge in [-0.15, -0.1) is 0 Å². The van der Waals surface area contributed by atoms with E-state index in [-0.39, 0.29) is 28.3 Å². The second kappa shape index (κ2) is 5.42. The molecule has 1 aliphatic heterocycles. The van der Waals surface area contributed by atoms with Gasteiger partial charge in [-0.3, -0.25) is 24.4 Å². The van der Waals surface area contributed by atoms with Crippen molar-refractivity contribution in [1.29, 1.82) is 0 Å². The Morgan fingerprint density at radius 1 is 0.700 bits per heavy atom. The van der Waals surface area contributed by atoms with E-state index in [2.05, 4.69) is 9.97 Å². The molecule has 30 heavy (non-hydrogen) atoms. The molecule has 3 aromatic carbocycles. The first-order valence-corrected chi connectivity index (χ1v) is 9.29. The summed E-state index contributed by atoms with van der Waals surface area (Å²) in [4.78, 5) is 57.2. The van der Waals surface area contributed by atoms with E-state index in [9.17, 15) is 19.2 Å². The van der Waals surface area contributed by atoms with Crippen molar-refractivity contribution >= 4 is 22.3 Å². The van der Waals surface area contributed by atoms with Gasteiger partial charge in [-0.05, 0) is 16.8 Å². The summed E-state index contributed by atoms with van der Waals surface area (Å²) < 4.78 is 5.85. The van der Waals surface area contributed by atoms with E-state index in [0.717, 1.165) is 5.39 Å². The predicted octanol–water partition coefficient (Wildman–Crippen LogP) is 2.69. The number of fused-ring (bicyclic) bond motifs is 7. The minimum Gasteiger partial charge on any atom is -0.440 e. The van der Waals surface area contributed by atoms with E-state index in [1.165, 1.54) is 0 Å². The molecule has 144 valence electrons. The number of rotatable bonds is 0. The molecule has 1 aromatic heterocycles. The van der Waals surface area contributed by atoms with Crippen LogP contribution >= 0.6 is 0 Å². The predicted molar refractivity (Wildman–Crippen MR) is 108 cm³/mol. The van der Waals surface area contributed by atoms with Crippen LogP contribution in [0.15, 0.2) is 70.3 Å². The molecule has 0 saturated heterocycles. The standard InChI is InChI=1S/C23H12N2O5/c26-18-13-7-3-4-8-14(13)19(27)23(18)16-12-6-2-1-5-11(12)9-10-15(16)30-21-17(23)20(28)24-22(29)25-21/h1-10H,(H2,24,25,28,29). The second-order valence-corrected chi connectivity index (χ2v) is 7.33. The van der Waals surface area contributed by atoms with Gasteiger partial charge in [-0.2, -0.15) is 0 Å². The van der Waals surface area contributed by atoms with Gasteiger partial charge in [0.05, 0.1) is 0 Å². The molecule has 1 spiro atoms. The average Bonchev–Trinajstić information content (AvgIpc) is 2.96. The van der Waals surface area contributed by atoms with Crippen molar-refractivity contribution in [2.75, 3.05) is 0 Å². The fourth-order valence-electron chi connectivity index (χ4n) is 4.68. The number of Topliss-reactive ketones (excluding diaryl/α,β-unsaturated/α-hetero) is 2. The number of nitrogens with one attached hydrogen (secondary N) is 2. The van der Waals surface area contributed by atoms with Crippen LogP contribution in [0.1, 0.15) is 31.8 Å². The smallest absolute Gasteiger partial charge is 0.328 e. The highest BCUT2D eigenvalue weighted by Crippen LogP contribution is 2.54. The van der Waals surface area contributed by atoms with Gasteiger partial charge >= 0.3 is 5.69 Å². The molecular formula is C23H12N2O5. The first kappa shape index (κ1) is 16.7. The third-order valence-corrected chi connectivity index (χ3v) is 5.86. The van der Waals surface area contributed by atoms with Crippen molar-refractivity contribution < 1.29 is 14.3 Å². The van der Waals surface area contributed by atoms with Crippen LogP contribution in [-0.4, -0.2) is 21.5 Å². The Kier molecular flexibility index (Phi) is 3.01. The maximum Gasteiger partial charge on any atom is 0.328 e. The number of aromatic amines is 2. The fourth-order valence-corrected chi connectivity index (χ4v) is 4.68. The van der Waals surface area contributed by atoms with Crippen LogP contribution < -0.4 is 16.0 Å². The molecule has 2 N–H and O–H groups in total. The number of hydrogen-bond acceptors (Lipinski definition) is 5. The van der Waals surface area contributed by atoms with Gasteiger partial charge in [0, 0.05) is 16.7 Å². The molecule has 4 aromatic rings. The minimum absolute atomic E-state index is 0.193. The van der Waals surface area contributed by atoms with Crippen molar-refractivity contribution in [2.45, 2.75) is 5.41 Å². The number of carbonyl (C=O) groups excluding carboxylic acids is 2. The minimum atomic E-state index is -1.94. The molecule has 2 aliphatic rings. The van der Waals surface area contributed by atoms with E-state index < -0.39 is 28.2 Å². The van der Waals surface area contributed by atoms with Crippen LogP contribution in [0.2, 0.25) is 0 Å². The Balaban J connectivity index is 1.87. The molecule has 7 heteroatoms. The van der Waals surface area contributed by atoms with Crippen molar-refractivity contribution in [3.63, 3.8) is 0 Å². The Hall–Kier alpha value is -4.26. The topological polar surface area (TPSA) is 109 Å². The van der Waals surface area contributed by atoms with Crippen molar-refractivity contribution in [2.24, 2.45) is 0 Å². The lowest BCUT2D eigenvalue weighted by Gasteiger charge is -2.34. The van der Waals surface area contributed by atoms with Gasteiger partial charge in [0.2, 0.25) is 5.88 Å². The zero-order chi connectivity index (χ0) is 20.6. The summed E-state index contributed by atoms with van der Waals surface area (Å²) in [5.41, 5.74) is -2.96. The van der Waals surface area contributed by atoms with Crippen molar-refractivity contribution in [1.82, 2.24) is 9.97 Å². The third kappa shape index (κ3) is 1.79. The van der Waals surface area contributed by atoms with E-state index in [0.29, 0.717) is 10.9 Å². The number of carbonyl (C=O) groups is 2. The highest BCUT2D eigenvalue weighted by Gasteiger charge is 2.61. The van der Waals surface area contributed by atoms with E-state index in [4.69, 9.17) is 4.74 Å². The molecule has 0 bridgehead atoms. The Labute approximate surface area is 168 Å². The molecule has 7 nitrogen and oxygen atoms in total. The van der Waals surface area contributed by atoms with Crippen LogP contribution in [0, 0.1) is 0 Å². The molecule has 2 heterocycles. The molecule has 0 atom stereocenters.